The van der Waals surface area contributed by atoms with Gasteiger partial charge in [0.25, 0.3) is 17.5 Å². The summed E-state index contributed by atoms with van der Waals surface area (Å²) >= 11 is 2.84. The zero-order valence-electron chi connectivity index (χ0n) is 25.0. The Bertz CT molecular complexity index is 1920. The number of carbonyl (C=O) groups excluding carboxylic acids is 2. The van der Waals surface area contributed by atoms with E-state index in [0.29, 0.717) is 17.4 Å². The molecule has 1 aliphatic heterocycles. The topological polar surface area (TPSA) is 136 Å². The van der Waals surface area contributed by atoms with Crippen LogP contribution in [0, 0.1) is 24.0 Å². The summed E-state index contributed by atoms with van der Waals surface area (Å²) in [5.74, 6) is -0.132. The molecule has 2 aromatic heterocycles. The Balaban J connectivity index is 1.22. The van der Waals surface area contributed by atoms with Crippen LogP contribution >= 0.6 is 23.1 Å². The minimum absolute atomic E-state index is 0.00740. The number of aromatic nitrogens is 3. The predicted molar refractivity (Wildman–Crippen MR) is 177 cm³/mol. The molecule has 0 bridgehead atoms. The van der Waals surface area contributed by atoms with Crippen molar-refractivity contribution in [3.8, 4) is 5.69 Å². The Morgan fingerprint density at radius 3 is 2.50 bits per heavy atom. The molecule has 6 rings (SSSR count). The lowest BCUT2D eigenvalue weighted by Crippen LogP contribution is -2.28. The molecule has 0 spiro atoms. The molecule has 5 aromatic rings. The average molecular weight is 652 g/mol. The van der Waals surface area contributed by atoms with Gasteiger partial charge in [0, 0.05) is 29.3 Å². The normalized spacial score (nSPS) is 14.3. The van der Waals surface area contributed by atoms with Crippen LogP contribution in [0.3, 0.4) is 0 Å². The number of hydrogen-bond acceptors (Lipinski definition) is 9. The van der Waals surface area contributed by atoms with E-state index in [2.05, 4.69) is 15.5 Å². The molecule has 0 saturated heterocycles. The lowest BCUT2D eigenvalue weighted by Gasteiger charge is -2.22. The first-order chi connectivity index (χ1) is 22.3. The van der Waals surface area contributed by atoms with Crippen LogP contribution in [-0.4, -0.2) is 48.0 Å². The van der Waals surface area contributed by atoms with E-state index in [1.54, 1.807) is 33.9 Å². The number of carbonyl (C=O) groups is 2. The number of nitro benzene ring substituents is 1. The van der Waals surface area contributed by atoms with Gasteiger partial charge in [0.2, 0.25) is 0 Å². The van der Waals surface area contributed by atoms with E-state index in [-0.39, 0.29) is 41.1 Å². The third kappa shape index (κ3) is 6.46. The minimum atomic E-state index is -0.512. The van der Waals surface area contributed by atoms with E-state index in [1.807, 2.05) is 79.0 Å². The third-order valence-corrected chi connectivity index (χ3v) is 9.46. The highest BCUT2D eigenvalue weighted by Crippen LogP contribution is 2.35. The Labute approximate surface area is 273 Å². The fourth-order valence-electron chi connectivity index (χ4n) is 5.24. The maximum atomic E-state index is 13.8. The Kier molecular flexibility index (Phi) is 9.04. The lowest BCUT2D eigenvalue weighted by molar-refractivity contribution is -0.385. The van der Waals surface area contributed by atoms with Crippen molar-refractivity contribution < 1.29 is 14.5 Å². The second kappa shape index (κ2) is 13.5. The Hall–Kier alpha value is -5.14. The molecule has 1 aliphatic rings. The summed E-state index contributed by atoms with van der Waals surface area (Å²) < 4.78 is 1.79. The second-order valence-electron chi connectivity index (χ2n) is 10.6. The molecule has 0 aliphatic carbocycles. The van der Waals surface area contributed by atoms with Gasteiger partial charge < -0.3 is 5.32 Å². The molecule has 2 amide bonds. The van der Waals surface area contributed by atoms with Crippen molar-refractivity contribution in [2.24, 2.45) is 5.10 Å². The number of hydrogen-bond donors (Lipinski definition) is 1. The monoisotopic (exact) mass is 651 g/mol. The molecule has 3 aromatic carbocycles. The minimum Gasteiger partial charge on any atom is -0.345 e. The first-order valence-electron chi connectivity index (χ1n) is 14.4. The molecule has 0 radical (unpaired) electrons. The van der Waals surface area contributed by atoms with Crippen LogP contribution < -0.4 is 5.32 Å². The summed E-state index contributed by atoms with van der Waals surface area (Å²) in [4.78, 5) is 38.7. The van der Waals surface area contributed by atoms with Crippen LogP contribution in [0.4, 0.5) is 5.69 Å². The van der Waals surface area contributed by atoms with E-state index in [9.17, 15) is 19.7 Å². The molecule has 46 heavy (non-hydrogen) atoms. The molecule has 11 nitrogen and oxygen atoms in total. The van der Waals surface area contributed by atoms with E-state index >= 15 is 0 Å². The van der Waals surface area contributed by atoms with Crippen LogP contribution in [0.15, 0.2) is 101 Å². The first kappa shape index (κ1) is 30.9. The molecular formula is C33H29N7O4S2. The van der Waals surface area contributed by atoms with Gasteiger partial charge in [0.05, 0.1) is 33.9 Å². The van der Waals surface area contributed by atoms with Gasteiger partial charge in [0.15, 0.2) is 11.0 Å². The summed E-state index contributed by atoms with van der Waals surface area (Å²) in [6.07, 6.45) is 0.619. The lowest BCUT2D eigenvalue weighted by atomic mass is 10.00. The molecule has 3 heterocycles. The number of nitrogens with zero attached hydrogens (tertiary/aromatic N) is 6. The predicted octanol–water partition coefficient (Wildman–Crippen LogP) is 6.25. The zero-order valence-corrected chi connectivity index (χ0v) is 26.6. The van der Waals surface area contributed by atoms with Gasteiger partial charge in [0.1, 0.15) is 0 Å². The largest absolute Gasteiger partial charge is 0.345 e. The maximum Gasteiger partial charge on any atom is 0.273 e. The highest BCUT2D eigenvalue weighted by molar-refractivity contribution is 7.99. The van der Waals surface area contributed by atoms with Gasteiger partial charge >= 0.3 is 0 Å². The summed E-state index contributed by atoms with van der Waals surface area (Å²) in [7, 11) is 0. The van der Waals surface area contributed by atoms with E-state index in [4.69, 9.17) is 5.10 Å². The van der Waals surface area contributed by atoms with Gasteiger partial charge in [-0.05, 0) is 49.1 Å². The fraction of sp³-hybridized carbons (Fsp3) is 0.182. The number of nitrogens with one attached hydrogen (secondary N) is 1. The quantitative estimate of drug-likeness (QED) is 0.107. The summed E-state index contributed by atoms with van der Waals surface area (Å²) in [5, 5.41) is 31.7. The molecule has 1 N–H and O–H groups in total. The number of amides is 2. The average Bonchev–Trinajstić information content (AvgIpc) is 3.83. The molecular weight excluding hydrogens is 623 g/mol. The summed E-state index contributed by atoms with van der Waals surface area (Å²) in [5.41, 5.74) is 4.15. The van der Waals surface area contributed by atoms with E-state index in [0.717, 1.165) is 27.4 Å². The number of thiophene rings is 1. The van der Waals surface area contributed by atoms with Crippen molar-refractivity contribution in [2.45, 2.75) is 38.0 Å². The van der Waals surface area contributed by atoms with E-state index in [1.165, 1.54) is 23.9 Å². The summed E-state index contributed by atoms with van der Waals surface area (Å²) in [6, 6.07) is 25.7. The van der Waals surface area contributed by atoms with Gasteiger partial charge in [-0.3, -0.25) is 24.3 Å². The van der Waals surface area contributed by atoms with Gasteiger partial charge in [-0.15, -0.1) is 21.5 Å². The van der Waals surface area contributed by atoms with Crippen molar-refractivity contribution in [1.82, 2.24) is 25.1 Å². The van der Waals surface area contributed by atoms with Crippen molar-refractivity contribution in [3.05, 3.63) is 133 Å². The van der Waals surface area contributed by atoms with Crippen LogP contribution in [0.1, 0.15) is 50.2 Å². The highest BCUT2D eigenvalue weighted by atomic mass is 32.2. The molecule has 13 heteroatoms. The van der Waals surface area contributed by atoms with Crippen molar-refractivity contribution >= 4 is 46.3 Å². The van der Waals surface area contributed by atoms with Crippen molar-refractivity contribution in [3.63, 3.8) is 0 Å². The third-order valence-electron chi connectivity index (χ3n) is 7.63. The number of hydrazone groups is 1. The van der Waals surface area contributed by atoms with Gasteiger partial charge in [-0.1, -0.05) is 71.9 Å². The van der Waals surface area contributed by atoms with Gasteiger partial charge in [-0.25, -0.2) is 5.01 Å². The number of benzene rings is 3. The number of rotatable bonds is 10. The Morgan fingerprint density at radius 2 is 1.78 bits per heavy atom. The van der Waals surface area contributed by atoms with E-state index < -0.39 is 10.8 Å². The molecule has 232 valence electrons. The molecule has 1 unspecified atom stereocenters. The maximum absolute atomic E-state index is 13.8. The molecule has 0 saturated carbocycles. The zero-order chi connectivity index (χ0) is 32.2. The standard InChI is InChI=1S/C33H29N7O4S2/c1-21-13-15-23(16-14-21)28-18-26(29-12-7-17-45-29)37-39(28)31(41)20-46-33-36-35-30(38(33)24-8-4-3-5-9-24)19-34-32(42)25-10-6-11-27(22(25)2)40(43)44/h3-17,28H,18-20H2,1-2H3,(H,34,42). The second-order valence-corrected chi connectivity index (χ2v) is 12.5. The molecule has 1 atom stereocenters. The Morgan fingerprint density at radius 1 is 1.00 bits per heavy atom. The number of thioether (sulfide) groups is 1. The van der Waals surface area contributed by atoms with Crippen LogP contribution in [-0.2, 0) is 11.3 Å². The fourth-order valence-corrected chi connectivity index (χ4v) is 6.78. The molecule has 0 fully saturated rings. The number of para-hydroxylation sites is 1. The first-order valence-corrected chi connectivity index (χ1v) is 16.3. The van der Waals surface area contributed by atoms with Crippen molar-refractivity contribution in [1.29, 1.82) is 0 Å². The SMILES string of the molecule is Cc1ccc(C2CC(c3cccs3)=NN2C(=O)CSc2nnc(CNC(=O)c3cccc([N+](=O)[O-])c3C)n2-c2ccccc2)cc1. The number of nitro groups is 1. The highest BCUT2D eigenvalue weighted by Gasteiger charge is 2.33. The van der Waals surface area contributed by atoms with Crippen LogP contribution in [0.5, 0.6) is 0 Å². The van der Waals surface area contributed by atoms with Crippen LogP contribution in [0.25, 0.3) is 5.69 Å². The summed E-state index contributed by atoms with van der Waals surface area (Å²) in [6.45, 7) is 3.58. The van der Waals surface area contributed by atoms with Gasteiger partial charge in [-0.2, -0.15) is 5.10 Å². The van der Waals surface area contributed by atoms with Crippen LogP contribution in [0.2, 0.25) is 0 Å². The smallest absolute Gasteiger partial charge is 0.273 e. The number of aryl methyl sites for hydroxylation is 1. The van der Waals surface area contributed by atoms with Crippen molar-refractivity contribution in [2.75, 3.05) is 5.75 Å².